The highest BCUT2D eigenvalue weighted by atomic mass is 19.4. The van der Waals surface area contributed by atoms with Gasteiger partial charge in [-0.3, -0.25) is 4.79 Å². The van der Waals surface area contributed by atoms with E-state index in [1.807, 2.05) is 0 Å². The molecule has 2 saturated carbocycles. The number of rotatable bonds is 4. The van der Waals surface area contributed by atoms with E-state index in [1.54, 1.807) is 11.0 Å². The normalized spacial score (nSPS) is 18.9. The van der Waals surface area contributed by atoms with Crippen LogP contribution in [0.15, 0.2) is 24.3 Å². The number of halogens is 3. The molecule has 0 N–H and O–H groups in total. The van der Waals surface area contributed by atoms with Crippen molar-refractivity contribution in [2.75, 3.05) is 0 Å². The fourth-order valence-corrected chi connectivity index (χ4v) is 2.46. The van der Waals surface area contributed by atoms with Crippen molar-refractivity contribution in [1.29, 1.82) is 0 Å². The van der Waals surface area contributed by atoms with E-state index in [1.165, 1.54) is 12.1 Å². The second-order valence-electron chi connectivity index (χ2n) is 5.63. The van der Waals surface area contributed by atoms with E-state index >= 15 is 0 Å². The minimum Gasteiger partial charge on any atom is -0.335 e. The molecule has 0 bridgehead atoms. The minimum atomic E-state index is -4.37. The van der Waals surface area contributed by atoms with Crippen LogP contribution in [0.4, 0.5) is 13.2 Å². The topological polar surface area (TPSA) is 20.3 Å². The Morgan fingerprint density at radius 3 is 2.35 bits per heavy atom. The summed E-state index contributed by atoms with van der Waals surface area (Å²) in [7, 11) is 0. The fraction of sp³-hybridized carbons (Fsp3) is 0.533. The Balaban J connectivity index is 1.83. The third kappa shape index (κ3) is 2.81. The maximum Gasteiger partial charge on any atom is 0.416 e. The number of nitrogens with zero attached hydrogens (tertiary/aromatic N) is 1. The SMILES string of the molecule is O=C(C1CC1)N(Cc1ccccc1C(F)(F)F)C1CC1. The summed E-state index contributed by atoms with van der Waals surface area (Å²) < 4.78 is 39.0. The molecule has 3 rings (SSSR count). The van der Waals surface area contributed by atoms with Crippen molar-refractivity contribution < 1.29 is 18.0 Å². The van der Waals surface area contributed by atoms with Crippen LogP contribution in [-0.4, -0.2) is 16.8 Å². The molecule has 2 aliphatic rings. The standard InChI is InChI=1S/C15H16F3NO/c16-15(17,18)13-4-2-1-3-11(13)9-19(12-7-8-12)14(20)10-5-6-10/h1-4,10,12H,5-9H2. The maximum absolute atomic E-state index is 13.0. The molecule has 0 unspecified atom stereocenters. The van der Waals surface area contributed by atoms with E-state index in [9.17, 15) is 18.0 Å². The van der Waals surface area contributed by atoms with E-state index < -0.39 is 11.7 Å². The van der Waals surface area contributed by atoms with Gasteiger partial charge >= 0.3 is 6.18 Å². The molecule has 20 heavy (non-hydrogen) atoms. The average Bonchev–Trinajstić information content (AvgIpc) is 3.28. The van der Waals surface area contributed by atoms with Gasteiger partial charge in [0.05, 0.1) is 5.56 Å². The van der Waals surface area contributed by atoms with Crippen molar-refractivity contribution in [3.8, 4) is 0 Å². The Bertz CT molecular complexity index is 518. The van der Waals surface area contributed by atoms with Gasteiger partial charge in [0.25, 0.3) is 0 Å². The molecule has 5 heteroatoms. The van der Waals surface area contributed by atoms with Gasteiger partial charge in [-0.25, -0.2) is 0 Å². The Kier molecular flexibility index (Phi) is 3.22. The van der Waals surface area contributed by atoms with Crippen molar-refractivity contribution in [3.05, 3.63) is 35.4 Å². The number of carbonyl (C=O) groups excluding carboxylic acids is 1. The lowest BCUT2D eigenvalue weighted by Crippen LogP contribution is -2.34. The molecule has 108 valence electrons. The number of hydrogen-bond acceptors (Lipinski definition) is 1. The lowest BCUT2D eigenvalue weighted by molar-refractivity contribution is -0.140. The number of amides is 1. The summed E-state index contributed by atoms with van der Waals surface area (Å²) in [5, 5.41) is 0. The Morgan fingerprint density at radius 1 is 1.15 bits per heavy atom. The average molecular weight is 283 g/mol. The van der Waals surface area contributed by atoms with Crippen molar-refractivity contribution in [3.63, 3.8) is 0 Å². The summed E-state index contributed by atoms with van der Waals surface area (Å²) in [5.41, 5.74) is -0.435. The second kappa shape index (κ2) is 4.79. The molecule has 0 atom stereocenters. The molecular weight excluding hydrogens is 267 g/mol. The van der Waals surface area contributed by atoms with Crippen LogP contribution in [0, 0.1) is 5.92 Å². The van der Waals surface area contributed by atoms with Crippen LogP contribution < -0.4 is 0 Å². The lowest BCUT2D eigenvalue weighted by atomic mass is 10.1. The highest BCUT2D eigenvalue weighted by molar-refractivity contribution is 5.81. The highest BCUT2D eigenvalue weighted by Gasteiger charge is 2.41. The molecular formula is C15H16F3NO. The third-order valence-corrected chi connectivity index (χ3v) is 3.86. The largest absolute Gasteiger partial charge is 0.416 e. The van der Waals surface area contributed by atoms with Crippen LogP contribution in [0.3, 0.4) is 0 Å². The van der Waals surface area contributed by atoms with Gasteiger partial charge in [-0.1, -0.05) is 18.2 Å². The van der Waals surface area contributed by atoms with Gasteiger partial charge in [0.1, 0.15) is 0 Å². The molecule has 0 heterocycles. The van der Waals surface area contributed by atoms with Crippen molar-refractivity contribution >= 4 is 5.91 Å². The Labute approximate surface area is 115 Å². The summed E-state index contributed by atoms with van der Waals surface area (Å²) in [6.07, 6.45) is -0.792. The molecule has 2 aliphatic carbocycles. The molecule has 1 amide bonds. The maximum atomic E-state index is 13.0. The molecule has 0 saturated heterocycles. The van der Waals surface area contributed by atoms with Crippen molar-refractivity contribution in [2.24, 2.45) is 5.92 Å². The predicted molar refractivity (Wildman–Crippen MR) is 67.7 cm³/mol. The number of alkyl halides is 3. The van der Waals surface area contributed by atoms with Crippen molar-refractivity contribution in [2.45, 2.75) is 44.4 Å². The predicted octanol–water partition coefficient (Wildman–Crippen LogP) is 3.61. The summed E-state index contributed by atoms with van der Waals surface area (Å²) >= 11 is 0. The quantitative estimate of drug-likeness (QED) is 0.826. The molecule has 1 aromatic rings. The smallest absolute Gasteiger partial charge is 0.335 e. The molecule has 2 fully saturated rings. The van der Waals surface area contributed by atoms with E-state index in [-0.39, 0.29) is 30.0 Å². The van der Waals surface area contributed by atoms with E-state index in [2.05, 4.69) is 0 Å². The summed E-state index contributed by atoms with van der Waals surface area (Å²) in [5.74, 6) is 0.0816. The first-order valence-corrected chi connectivity index (χ1v) is 6.92. The first-order valence-electron chi connectivity index (χ1n) is 6.92. The van der Waals surface area contributed by atoms with Crippen LogP contribution in [0.5, 0.6) is 0 Å². The molecule has 0 aliphatic heterocycles. The lowest BCUT2D eigenvalue weighted by Gasteiger charge is -2.24. The second-order valence-corrected chi connectivity index (χ2v) is 5.63. The molecule has 1 aromatic carbocycles. The number of benzene rings is 1. The van der Waals surface area contributed by atoms with Gasteiger partial charge in [-0.05, 0) is 37.3 Å². The van der Waals surface area contributed by atoms with Crippen LogP contribution in [-0.2, 0) is 17.5 Å². The molecule has 0 spiro atoms. The zero-order chi connectivity index (χ0) is 14.3. The summed E-state index contributed by atoms with van der Waals surface area (Å²) in [6.45, 7) is 0.0791. The van der Waals surface area contributed by atoms with Gasteiger partial charge in [0.15, 0.2) is 0 Å². The third-order valence-electron chi connectivity index (χ3n) is 3.86. The van der Waals surface area contributed by atoms with Gasteiger partial charge in [-0.2, -0.15) is 13.2 Å². The Morgan fingerprint density at radius 2 is 1.80 bits per heavy atom. The number of carbonyl (C=O) groups is 1. The zero-order valence-electron chi connectivity index (χ0n) is 11.0. The van der Waals surface area contributed by atoms with Crippen LogP contribution in [0.1, 0.15) is 36.8 Å². The van der Waals surface area contributed by atoms with Crippen LogP contribution >= 0.6 is 0 Å². The fourth-order valence-electron chi connectivity index (χ4n) is 2.46. The molecule has 2 nitrogen and oxygen atoms in total. The van der Waals surface area contributed by atoms with Gasteiger partial charge < -0.3 is 4.90 Å². The Hall–Kier alpha value is -1.52. The molecule has 0 radical (unpaired) electrons. The summed E-state index contributed by atoms with van der Waals surface area (Å²) in [4.78, 5) is 13.9. The monoisotopic (exact) mass is 283 g/mol. The zero-order valence-corrected chi connectivity index (χ0v) is 11.0. The van der Waals surface area contributed by atoms with Gasteiger partial charge in [0, 0.05) is 18.5 Å². The van der Waals surface area contributed by atoms with Gasteiger partial charge in [-0.15, -0.1) is 0 Å². The minimum absolute atomic E-state index is 0.0319. The summed E-state index contributed by atoms with van der Waals surface area (Å²) in [6, 6.07) is 5.68. The van der Waals surface area contributed by atoms with Crippen molar-refractivity contribution in [1.82, 2.24) is 4.90 Å². The van der Waals surface area contributed by atoms with E-state index in [0.29, 0.717) is 0 Å². The molecule has 0 aromatic heterocycles. The van der Waals surface area contributed by atoms with E-state index in [0.717, 1.165) is 31.7 Å². The highest BCUT2D eigenvalue weighted by Crippen LogP contribution is 2.38. The van der Waals surface area contributed by atoms with Crippen LogP contribution in [0.2, 0.25) is 0 Å². The first kappa shape index (κ1) is 13.5. The first-order chi connectivity index (χ1) is 9.47. The number of hydrogen-bond donors (Lipinski definition) is 0. The van der Waals surface area contributed by atoms with E-state index in [4.69, 9.17) is 0 Å². The van der Waals surface area contributed by atoms with Gasteiger partial charge in [0.2, 0.25) is 5.91 Å². The van der Waals surface area contributed by atoms with Crippen LogP contribution in [0.25, 0.3) is 0 Å².